The minimum absolute atomic E-state index is 0.0595. The van der Waals surface area contributed by atoms with Crippen LogP contribution in [0.1, 0.15) is 50.7 Å². The molecule has 2 fully saturated rings. The van der Waals surface area contributed by atoms with Crippen molar-refractivity contribution in [3.8, 4) is 0 Å². The van der Waals surface area contributed by atoms with Gasteiger partial charge in [0.2, 0.25) is 0 Å². The van der Waals surface area contributed by atoms with Gasteiger partial charge in [0.25, 0.3) is 0 Å². The van der Waals surface area contributed by atoms with Crippen molar-refractivity contribution in [3.63, 3.8) is 0 Å². The predicted molar refractivity (Wildman–Crippen MR) is 66.4 cm³/mol. The fraction of sp³-hybridized carbons (Fsp3) is 0.600. The Bertz CT molecular complexity index is 383. The normalized spacial score (nSPS) is 41.2. The highest BCUT2D eigenvalue weighted by Gasteiger charge is 2.56. The highest BCUT2D eigenvalue weighted by atomic mass is 16.6. The average Bonchev–Trinajstić information content (AvgIpc) is 2.62. The second-order valence-corrected chi connectivity index (χ2v) is 5.77. The first-order valence-corrected chi connectivity index (χ1v) is 6.58. The van der Waals surface area contributed by atoms with Gasteiger partial charge in [0.05, 0.1) is 6.10 Å². The maximum absolute atomic E-state index is 10.7. The third-order valence-electron chi connectivity index (χ3n) is 4.58. The molecule has 1 aromatic rings. The van der Waals surface area contributed by atoms with Crippen LogP contribution in [0, 0.1) is 5.41 Å². The number of fused-ring (bicyclic) bond motifs is 1. The molecule has 0 unspecified atom stereocenters. The molecule has 2 aliphatic rings. The number of benzene rings is 1. The van der Waals surface area contributed by atoms with E-state index >= 15 is 0 Å². The molecule has 1 aliphatic carbocycles. The molecule has 2 heteroatoms. The largest absolute Gasteiger partial charge is 0.365 e. The Morgan fingerprint density at radius 3 is 2.59 bits per heavy atom. The van der Waals surface area contributed by atoms with E-state index in [9.17, 15) is 5.11 Å². The van der Waals surface area contributed by atoms with Gasteiger partial charge in [-0.2, -0.15) is 0 Å². The van der Waals surface area contributed by atoms with E-state index in [1.165, 1.54) is 12.0 Å². The van der Waals surface area contributed by atoms with Crippen LogP contribution in [0.15, 0.2) is 30.3 Å². The summed E-state index contributed by atoms with van der Waals surface area (Å²) in [7, 11) is 0. The van der Waals surface area contributed by atoms with Gasteiger partial charge in [-0.1, -0.05) is 43.7 Å². The third-order valence-corrected chi connectivity index (χ3v) is 4.58. The fourth-order valence-electron chi connectivity index (χ4n) is 3.38. The van der Waals surface area contributed by atoms with Gasteiger partial charge < -0.3 is 9.84 Å². The first-order valence-electron chi connectivity index (χ1n) is 6.58. The summed E-state index contributed by atoms with van der Waals surface area (Å²) in [6.07, 6.45) is 5.15. The Labute approximate surface area is 103 Å². The molecule has 0 aromatic heterocycles. The molecular weight excluding hydrogens is 212 g/mol. The summed E-state index contributed by atoms with van der Waals surface area (Å²) in [6.45, 7) is 2.18. The molecule has 92 valence electrons. The number of hydrogen-bond acceptors (Lipinski definition) is 2. The summed E-state index contributed by atoms with van der Waals surface area (Å²) >= 11 is 0. The lowest BCUT2D eigenvalue weighted by atomic mass is 9.69. The van der Waals surface area contributed by atoms with E-state index in [2.05, 4.69) is 19.1 Å². The van der Waals surface area contributed by atoms with Gasteiger partial charge in [-0.3, -0.25) is 0 Å². The van der Waals surface area contributed by atoms with Crippen molar-refractivity contribution in [2.24, 2.45) is 5.41 Å². The van der Waals surface area contributed by atoms with E-state index in [4.69, 9.17) is 4.74 Å². The lowest BCUT2D eigenvalue weighted by Gasteiger charge is -2.41. The van der Waals surface area contributed by atoms with Crippen LogP contribution >= 0.6 is 0 Å². The molecule has 2 nitrogen and oxygen atoms in total. The van der Waals surface area contributed by atoms with Crippen LogP contribution in [-0.2, 0) is 4.74 Å². The zero-order valence-corrected chi connectivity index (χ0v) is 10.4. The summed E-state index contributed by atoms with van der Waals surface area (Å²) in [6, 6.07) is 10.3. The van der Waals surface area contributed by atoms with Crippen molar-refractivity contribution in [2.75, 3.05) is 0 Å². The molecule has 3 atom stereocenters. The minimum atomic E-state index is -0.897. The van der Waals surface area contributed by atoms with Crippen LogP contribution in [0.3, 0.4) is 0 Å². The topological polar surface area (TPSA) is 29.5 Å². The quantitative estimate of drug-likeness (QED) is 0.804. The summed E-state index contributed by atoms with van der Waals surface area (Å²) in [5, 5.41) is 10.7. The fourth-order valence-corrected chi connectivity index (χ4v) is 3.38. The molecule has 1 aliphatic heterocycles. The SMILES string of the molecule is C[C@@]12CCCC[C@]1(O)O[C@@H](c1ccccc1)C2. The summed E-state index contributed by atoms with van der Waals surface area (Å²) in [5.74, 6) is -0.897. The van der Waals surface area contributed by atoms with E-state index < -0.39 is 5.79 Å². The molecule has 0 radical (unpaired) electrons. The van der Waals surface area contributed by atoms with Gasteiger partial charge in [-0.05, 0) is 24.8 Å². The van der Waals surface area contributed by atoms with Gasteiger partial charge >= 0.3 is 0 Å². The van der Waals surface area contributed by atoms with Gasteiger partial charge in [0.1, 0.15) is 0 Å². The highest BCUT2D eigenvalue weighted by Crippen LogP contribution is 2.57. The predicted octanol–water partition coefficient (Wildman–Crippen LogP) is 3.42. The molecule has 1 aromatic carbocycles. The van der Waals surface area contributed by atoms with Crippen molar-refractivity contribution in [1.82, 2.24) is 0 Å². The number of hydrogen-bond donors (Lipinski definition) is 1. The monoisotopic (exact) mass is 232 g/mol. The minimum Gasteiger partial charge on any atom is -0.365 e. The Morgan fingerprint density at radius 1 is 1.18 bits per heavy atom. The van der Waals surface area contributed by atoms with Crippen LogP contribution in [-0.4, -0.2) is 10.9 Å². The van der Waals surface area contributed by atoms with Gasteiger partial charge in [0.15, 0.2) is 5.79 Å². The molecular formula is C15H20O2. The first-order chi connectivity index (χ1) is 8.13. The van der Waals surface area contributed by atoms with E-state index in [1.807, 2.05) is 18.2 Å². The molecule has 1 saturated heterocycles. The van der Waals surface area contributed by atoms with Crippen molar-refractivity contribution >= 4 is 0 Å². The van der Waals surface area contributed by atoms with Crippen LogP contribution in [0.4, 0.5) is 0 Å². The van der Waals surface area contributed by atoms with Crippen LogP contribution in [0.5, 0.6) is 0 Å². The molecule has 17 heavy (non-hydrogen) atoms. The lowest BCUT2D eigenvalue weighted by molar-refractivity contribution is -0.252. The molecule has 1 heterocycles. The second kappa shape index (κ2) is 3.82. The summed E-state index contributed by atoms with van der Waals surface area (Å²) in [5.41, 5.74) is 1.13. The zero-order chi connectivity index (χ0) is 11.9. The van der Waals surface area contributed by atoms with E-state index in [1.54, 1.807) is 0 Å². The number of rotatable bonds is 1. The Balaban J connectivity index is 1.89. The molecule has 0 amide bonds. The number of ether oxygens (including phenoxy) is 1. The highest BCUT2D eigenvalue weighted by molar-refractivity contribution is 5.20. The summed E-state index contributed by atoms with van der Waals surface area (Å²) in [4.78, 5) is 0. The van der Waals surface area contributed by atoms with Gasteiger partial charge in [0, 0.05) is 11.8 Å². The van der Waals surface area contributed by atoms with Crippen molar-refractivity contribution in [1.29, 1.82) is 0 Å². The molecule has 1 saturated carbocycles. The van der Waals surface area contributed by atoms with E-state index in [-0.39, 0.29) is 11.5 Å². The van der Waals surface area contributed by atoms with Crippen LogP contribution in [0.25, 0.3) is 0 Å². The zero-order valence-electron chi connectivity index (χ0n) is 10.4. The Kier molecular flexibility index (Phi) is 2.53. The first kappa shape index (κ1) is 11.2. The van der Waals surface area contributed by atoms with Crippen LogP contribution in [0.2, 0.25) is 0 Å². The maximum Gasteiger partial charge on any atom is 0.171 e. The van der Waals surface area contributed by atoms with Gasteiger partial charge in [-0.15, -0.1) is 0 Å². The van der Waals surface area contributed by atoms with E-state index in [0.717, 1.165) is 25.7 Å². The Hall–Kier alpha value is -0.860. The third kappa shape index (κ3) is 1.71. The lowest BCUT2D eigenvalue weighted by Crippen LogP contribution is -2.45. The van der Waals surface area contributed by atoms with Crippen molar-refractivity contribution in [3.05, 3.63) is 35.9 Å². The van der Waals surface area contributed by atoms with Crippen molar-refractivity contribution in [2.45, 2.75) is 50.9 Å². The van der Waals surface area contributed by atoms with Crippen LogP contribution < -0.4 is 0 Å². The number of aliphatic hydroxyl groups is 1. The average molecular weight is 232 g/mol. The standard InChI is InChI=1S/C15H20O2/c1-14-9-5-6-10-15(14,16)17-13(11-14)12-7-3-2-4-8-12/h2-4,7-8,13,16H,5-6,9-11H2,1H3/t13-,14+,15+/m1/s1. The maximum atomic E-state index is 10.7. The molecule has 3 rings (SSSR count). The van der Waals surface area contributed by atoms with Crippen molar-refractivity contribution < 1.29 is 9.84 Å². The molecule has 1 N–H and O–H groups in total. The molecule has 0 bridgehead atoms. The second-order valence-electron chi connectivity index (χ2n) is 5.77. The van der Waals surface area contributed by atoms with Gasteiger partial charge in [-0.25, -0.2) is 0 Å². The Morgan fingerprint density at radius 2 is 1.88 bits per heavy atom. The smallest absolute Gasteiger partial charge is 0.171 e. The summed E-state index contributed by atoms with van der Waals surface area (Å²) < 4.78 is 6.00. The van der Waals surface area contributed by atoms with E-state index in [0.29, 0.717) is 0 Å². The molecule has 0 spiro atoms.